The van der Waals surface area contributed by atoms with Crippen molar-refractivity contribution >= 4 is 26.0 Å². The molecule has 0 spiro atoms. The van der Waals surface area contributed by atoms with Gasteiger partial charge in [0.15, 0.2) is 0 Å². The van der Waals surface area contributed by atoms with Crippen LogP contribution in [0.25, 0.3) is 0 Å². The summed E-state index contributed by atoms with van der Waals surface area (Å²) in [5.74, 6) is -0.344. The molecule has 6 heteroatoms. The molecule has 0 atom stereocenters. The Morgan fingerprint density at radius 3 is 2.48 bits per heavy atom. The van der Waals surface area contributed by atoms with Crippen LogP contribution in [0.15, 0.2) is 45.8 Å². The predicted octanol–water partition coefficient (Wildman–Crippen LogP) is 3.68. The van der Waals surface area contributed by atoms with Crippen molar-refractivity contribution in [3.63, 3.8) is 0 Å². The van der Waals surface area contributed by atoms with E-state index in [1.54, 1.807) is 31.2 Å². The minimum Gasteiger partial charge on any atom is -0.207 e. The molecule has 0 saturated carbocycles. The van der Waals surface area contributed by atoms with Gasteiger partial charge in [-0.3, -0.25) is 0 Å². The van der Waals surface area contributed by atoms with Gasteiger partial charge in [0.05, 0.1) is 4.90 Å². The largest absolute Gasteiger partial charge is 0.241 e. The molecule has 0 bridgehead atoms. The summed E-state index contributed by atoms with van der Waals surface area (Å²) in [6.07, 6.45) is 0. The van der Waals surface area contributed by atoms with Crippen LogP contribution in [-0.4, -0.2) is 8.42 Å². The van der Waals surface area contributed by atoms with Crippen LogP contribution < -0.4 is 4.72 Å². The summed E-state index contributed by atoms with van der Waals surface area (Å²) < 4.78 is 40.9. The quantitative estimate of drug-likeness (QED) is 0.890. The average molecular weight is 372 g/mol. The molecule has 0 unspecified atom stereocenters. The van der Waals surface area contributed by atoms with Crippen molar-refractivity contribution < 1.29 is 12.8 Å². The highest BCUT2D eigenvalue weighted by atomic mass is 79.9. The summed E-state index contributed by atoms with van der Waals surface area (Å²) in [7, 11) is -3.65. The fourth-order valence-corrected chi connectivity index (χ4v) is 4.03. The molecule has 0 heterocycles. The van der Waals surface area contributed by atoms with Crippen molar-refractivity contribution in [2.24, 2.45) is 0 Å². The molecule has 2 aromatic carbocycles. The third-order valence-corrected chi connectivity index (χ3v) is 5.46. The van der Waals surface area contributed by atoms with E-state index in [0.29, 0.717) is 15.6 Å². The molecule has 0 aromatic heterocycles. The Hall–Kier alpha value is -1.24. The lowest BCUT2D eigenvalue weighted by Crippen LogP contribution is -2.23. The van der Waals surface area contributed by atoms with Gasteiger partial charge in [0.2, 0.25) is 10.0 Å². The topological polar surface area (TPSA) is 46.2 Å². The zero-order valence-corrected chi connectivity index (χ0v) is 14.1. The van der Waals surface area contributed by atoms with E-state index in [4.69, 9.17) is 0 Å². The summed E-state index contributed by atoms with van der Waals surface area (Å²) in [6.45, 7) is 3.58. The van der Waals surface area contributed by atoms with Crippen molar-refractivity contribution in [1.29, 1.82) is 0 Å². The molecule has 0 aliphatic heterocycles. The lowest BCUT2D eigenvalue weighted by atomic mass is 10.1. The first kappa shape index (κ1) is 16.1. The summed E-state index contributed by atoms with van der Waals surface area (Å²) in [5.41, 5.74) is 2.06. The van der Waals surface area contributed by atoms with Crippen LogP contribution in [0, 0.1) is 19.7 Å². The first-order valence-corrected chi connectivity index (χ1v) is 8.58. The maximum absolute atomic E-state index is 13.4. The Morgan fingerprint density at radius 1 is 1.14 bits per heavy atom. The van der Waals surface area contributed by atoms with Crippen molar-refractivity contribution in [2.45, 2.75) is 25.3 Å². The zero-order chi connectivity index (χ0) is 15.6. The van der Waals surface area contributed by atoms with Crippen molar-refractivity contribution in [2.75, 3.05) is 0 Å². The summed E-state index contributed by atoms with van der Waals surface area (Å²) in [5, 5.41) is 0. The molecule has 0 aliphatic rings. The molecule has 112 valence electrons. The van der Waals surface area contributed by atoms with Gasteiger partial charge in [-0.1, -0.05) is 18.2 Å². The number of hydrogen-bond donors (Lipinski definition) is 1. The first-order chi connectivity index (χ1) is 9.79. The maximum atomic E-state index is 13.4. The minimum absolute atomic E-state index is 0.0415. The first-order valence-electron chi connectivity index (χ1n) is 6.30. The highest BCUT2D eigenvalue weighted by Gasteiger charge is 2.17. The van der Waals surface area contributed by atoms with Gasteiger partial charge in [-0.2, -0.15) is 0 Å². The molecule has 2 aromatic rings. The molecular formula is C15H15BrFNO2S. The lowest BCUT2D eigenvalue weighted by Gasteiger charge is -2.09. The molecule has 0 amide bonds. The van der Waals surface area contributed by atoms with Gasteiger partial charge in [0.1, 0.15) is 5.82 Å². The Bertz CT molecular complexity index is 775. The second-order valence-corrected chi connectivity index (χ2v) is 7.43. The number of aryl methyl sites for hydroxylation is 2. The number of nitrogens with one attached hydrogen (secondary N) is 1. The van der Waals surface area contributed by atoms with Gasteiger partial charge in [-0.15, -0.1) is 0 Å². The molecule has 2 rings (SSSR count). The van der Waals surface area contributed by atoms with Crippen molar-refractivity contribution in [1.82, 2.24) is 4.72 Å². The average Bonchev–Trinajstić information content (AvgIpc) is 2.40. The molecule has 3 nitrogen and oxygen atoms in total. The van der Waals surface area contributed by atoms with Gasteiger partial charge in [-0.05, 0) is 64.7 Å². The summed E-state index contributed by atoms with van der Waals surface area (Å²) >= 11 is 3.25. The smallest absolute Gasteiger partial charge is 0.207 e. The molecule has 0 aliphatic carbocycles. The third-order valence-electron chi connectivity index (χ3n) is 3.08. The van der Waals surface area contributed by atoms with E-state index in [9.17, 15) is 12.8 Å². The van der Waals surface area contributed by atoms with E-state index < -0.39 is 10.0 Å². The van der Waals surface area contributed by atoms with E-state index >= 15 is 0 Å². The molecule has 0 saturated heterocycles. The van der Waals surface area contributed by atoms with Crippen molar-refractivity contribution in [3.8, 4) is 0 Å². The minimum atomic E-state index is -3.65. The van der Waals surface area contributed by atoms with E-state index in [1.807, 2.05) is 6.92 Å². The molecule has 0 radical (unpaired) electrons. The Balaban J connectivity index is 2.19. The monoisotopic (exact) mass is 371 g/mol. The van der Waals surface area contributed by atoms with Gasteiger partial charge >= 0.3 is 0 Å². The normalized spacial score (nSPS) is 11.6. The predicted molar refractivity (Wildman–Crippen MR) is 84.0 cm³/mol. The Morgan fingerprint density at radius 2 is 1.86 bits per heavy atom. The second-order valence-electron chi connectivity index (χ2n) is 4.84. The van der Waals surface area contributed by atoms with E-state index in [1.165, 1.54) is 12.1 Å². The van der Waals surface area contributed by atoms with E-state index in [2.05, 4.69) is 20.7 Å². The zero-order valence-electron chi connectivity index (χ0n) is 11.7. The van der Waals surface area contributed by atoms with Crippen LogP contribution in [0.1, 0.15) is 16.7 Å². The standard InChI is InChI=1S/C15H15BrFNO2S/c1-10-3-6-15(13(16)7-10)21(19,20)18-9-12-5-4-11(2)14(17)8-12/h3-8,18H,9H2,1-2H3. The number of benzene rings is 2. The third kappa shape index (κ3) is 3.90. The molecule has 0 fully saturated rings. The fourth-order valence-electron chi connectivity index (χ4n) is 1.83. The van der Waals surface area contributed by atoms with Gasteiger partial charge in [0.25, 0.3) is 0 Å². The number of sulfonamides is 1. The highest BCUT2D eigenvalue weighted by molar-refractivity contribution is 9.10. The van der Waals surface area contributed by atoms with Crippen LogP contribution in [-0.2, 0) is 16.6 Å². The van der Waals surface area contributed by atoms with Crippen LogP contribution in [0.5, 0.6) is 0 Å². The van der Waals surface area contributed by atoms with Crippen LogP contribution in [0.4, 0.5) is 4.39 Å². The number of rotatable bonds is 4. The summed E-state index contributed by atoms with van der Waals surface area (Å²) in [6, 6.07) is 9.66. The lowest BCUT2D eigenvalue weighted by molar-refractivity contribution is 0.579. The van der Waals surface area contributed by atoms with E-state index in [0.717, 1.165) is 5.56 Å². The second kappa shape index (κ2) is 6.25. The van der Waals surface area contributed by atoms with Crippen LogP contribution in [0.2, 0.25) is 0 Å². The molecule has 1 N–H and O–H groups in total. The van der Waals surface area contributed by atoms with Crippen LogP contribution >= 0.6 is 15.9 Å². The number of hydrogen-bond acceptors (Lipinski definition) is 2. The molecule has 21 heavy (non-hydrogen) atoms. The SMILES string of the molecule is Cc1ccc(S(=O)(=O)NCc2ccc(C)c(F)c2)c(Br)c1. The van der Waals surface area contributed by atoms with Gasteiger partial charge < -0.3 is 0 Å². The van der Waals surface area contributed by atoms with E-state index in [-0.39, 0.29) is 17.3 Å². The van der Waals surface area contributed by atoms with Gasteiger partial charge in [0, 0.05) is 11.0 Å². The Labute approximate surface area is 132 Å². The Kier molecular flexibility index (Phi) is 4.81. The highest BCUT2D eigenvalue weighted by Crippen LogP contribution is 2.23. The van der Waals surface area contributed by atoms with Gasteiger partial charge in [-0.25, -0.2) is 17.5 Å². The summed E-state index contributed by atoms with van der Waals surface area (Å²) in [4.78, 5) is 0.167. The maximum Gasteiger partial charge on any atom is 0.241 e. The van der Waals surface area contributed by atoms with Crippen molar-refractivity contribution in [3.05, 3.63) is 63.4 Å². The fraction of sp³-hybridized carbons (Fsp3) is 0.200. The molecular weight excluding hydrogens is 357 g/mol. The van der Waals surface area contributed by atoms with Crippen LogP contribution in [0.3, 0.4) is 0 Å². The number of halogens is 2.